The van der Waals surface area contributed by atoms with E-state index in [4.69, 9.17) is 9.84 Å². The van der Waals surface area contributed by atoms with Crippen LogP contribution in [-0.4, -0.2) is 34.1 Å². The van der Waals surface area contributed by atoms with Gasteiger partial charge in [0.2, 0.25) is 0 Å². The molecule has 0 unspecified atom stereocenters. The fourth-order valence-corrected chi connectivity index (χ4v) is 1.31. The van der Waals surface area contributed by atoms with Gasteiger partial charge in [0.25, 0.3) is 0 Å². The van der Waals surface area contributed by atoms with Crippen LogP contribution >= 0.6 is 0 Å². The van der Waals surface area contributed by atoms with Gasteiger partial charge < -0.3 is 9.84 Å². The van der Waals surface area contributed by atoms with Crippen LogP contribution in [0.1, 0.15) is 29.5 Å². The van der Waals surface area contributed by atoms with Gasteiger partial charge in [-0.25, -0.2) is 4.79 Å². The van der Waals surface area contributed by atoms with Gasteiger partial charge in [0.15, 0.2) is 0 Å². The van der Waals surface area contributed by atoms with E-state index in [1.807, 2.05) is 6.92 Å². The fourth-order valence-electron chi connectivity index (χ4n) is 1.31. The molecule has 0 radical (unpaired) electrons. The van der Waals surface area contributed by atoms with Crippen molar-refractivity contribution in [2.45, 2.75) is 26.8 Å². The Labute approximate surface area is 88.7 Å². The lowest BCUT2D eigenvalue weighted by molar-refractivity contribution is 0.0511. The summed E-state index contributed by atoms with van der Waals surface area (Å²) in [4.78, 5) is 11.5. The number of hydrogen-bond donors (Lipinski definition) is 1. The maximum atomic E-state index is 11.5. The van der Waals surface area contributed by atoms with Crippen molar-refractivity contribution in [1.29, 1.82) is 0 Å². The van der Waals surface area contributed by atoms with Gasteiger partial charge in [-0.1, -0.05) is 0 Å². The molecule has 84 valence electrons. The summed E-state index contributed by atoms with van der Waals surface area (Å²) in [5, 5.41) is 12.9. The molecule has 1 rings (SSSR count). The molecule has 0 bridgehead atoms. The Kier molecular flexibility index (Phi) is 4.30. The van der Waals surface area contributed by atoms with E-state index in [1.54, 1.807) is 17.7 Å². The highest BCUT2D eigenvalue weighted by atomic mass is 16.5. The molecule has 0 saturated heterocycles. The number of esters is 1. The van der Waals surface area contributed by atoms with Crippen LogP contribution in [0.3, 0.4) is 0 Å². The van der Waals surface area contributed by atoms with Crippen molar-refractivity contribution in [1.82, 2.24) is 9.78 Å². The van der Waals surface area contributed by atoms with Crippen LogP contribution in [0.2, 0.25) is 0 Å². The van der Waals surface area contributed by atoms with Gasteiger partial charge in [-0.3, -0.25) is 4.68 Å². The normalized spacial score (nSPS) is 10.3. The number of carbonyl (C=O) groups is 1. The lowest BCUT2D eigenvalue weighted by Crippen LogP contribution is -2.14. The molecule has 0 saturated carbocycles. The molecule has 0 fully saturated rings. The lowest BCUT2D eigenvalue weighted by atomic mass is 10.3. The summed E-state index contributed by atoms with van der Waals surface area (Å²) in [6, 6.07) is 1.69. The quantitative estimate of drug-likeness (QED) is 0.731. The largest absolute Gasteiger partial charge is 0.461 e. The molecule has 1 aromatic heterocycles. The summed E-state index contributed by atoms with van der Waals surface area (Å²) in [7, 11) is 0. The van der Waals surface area contributed by atoms with Gasteiger partial charge in [0, 0.05) is 13.2 Å². The van der Waals surface area contributed by atoms with E-state index in [0.29, 0.717) is 25.3 Å². The summed E-state index contributed by atoms with van der Waals surface area (Å²) in [5.41, 5.74) is 1.22. The van der Waals surface area contributed by atoms with E-state index in [1.165, 1.54) is 0 Å². The Bertz CT molecular complexity index is 333. The van der Waals surface area contributed by atoms with Gasteiger partial charge in [-0.2, -0.15) is 5.10 Å². The summed E-state index contributed by atoms with van der Waals surface area (Å²) in [6.45, 7) is 4.54. The standard InChI is InChI=1S/C10H16N2O3/c1-3-15-10(14)9-7-8(2)11-12(9)5-4-6-13/h7,13H,3-6H2,1-2H3. The van der Waals surface area contributed by atoms with Crippen molar-refractivity contribution < 1.29 is 14.6 Å². The van der Waals surface area contributed by atoms with Gasteiger partial charge >= 0.3 is 5.97 Å². The fraction of sp³-hybridized carbons (Fsp3) is 0.600. The first-order chi connectivity index (χ1) is 7.19. The van der Waals surface area contributed by atoms with Gasteiger partial charge in [-0.15, -0.1) is 0 Å². The second-order valence-corrected chi connectivity index (χ2v) is 3.19. The van der Waals surface area contributed by atoms with Gasteiger partial charge in [0.05, 0.1) is 12.3 Å². The molecule has 15 heavy (non-hydrogen) atoms. The Morgan fingerprint density at radius 3 is 3.00 bits per heavy atom. The zero-order chi connectivity index (χ0) is 11.3. The van der Waals surface area contributed by atoms with Crippen LogP contribution in [0.15, 0.2) is 6.07 Å². The van der Waals surface area contributed by atoms with Crippen molar-refractivity contribution in [2.24, 2.45) is 0 Å². The van der Waals surface area contributed by atoms with E-state index in [0.717, 1.165) is 5.69 Å². The number of rotatable bonds is 5. The Morgan fingerprint density at radius 1 is 1.67 bits per heavy atom. The molecular formula is C10H16N2O3. The van der Waals surface area contributed by atoms with Gasteiger partial charge in [0.1, 0.15) is 5.69 Å². The average Bonchev–Trinajstić information content (AvgIpc) is 2.57. The SMILES string of the molecule is CCOC(=O)c1cc(C)nn1CCCO. The van der Waals surface area contributed by atoms with E-state index in [-0.39, 0.29) is 12.6 Å². The minimum Gasteiger partial charge on any atom is -0.461 e. The minimum absolute atomic E-state index is 0.0845. The maximum absolute atomic E-state index is 11.5. The average molecular weight is 212 g/mol. The van der Waals surface area contributed by atoms with Crippen LogP contribution in [0, 0.1) is 6.92 Å². The predicted molar refractivity (Wildman–Crippen MR) is 54.6 cm³/mol. The molecule has 5 heteroatoms. The molecule has 0 atom stereocenters. The number of nitrogens with zero attached hydrogens (tertiary/aromatic N) is 2. The minimum atomic E-state index is -0.365. The number of aliphatic hydroxyl groups is 1. The first-order valence-electron chi connectivity index (χ1n) is 5.01. The highest BCUT2D eigenvalue weighted by molar-refractivity contribution is 5.87. The Morgan fingerprint density at radius 2 is 2.40 bits per heavy atom. The van der Waals surface area contributed by atoms with Crippen LogP contribution in [0.4, 0.5) is 0 Å². The van der Waals surface area contributed by atoms with Crippen LogP contribution < -0.4 is 0 Å². The summed E-state index contributed by atoms with van der Waals surface area (Å²) in [6.07, 6.45) is 0.577. The topological polar surface area (TPSA) is 64.3 Å². The molecule has 0 aliphatic heterocycles. The summed E-state index contributed by atoms with van der Waals surface area (Å²) < 4.78 is 6.47. The second-order valence-electron chi connectivity index (χ2n) is 3.19. The van der Waals surface area contributed by atoms with Crippen LogP contribution in [0.25, 0.3) is 0 Å². The molecule has 0 aromatic carbocycles. The zero-order valence-corrected chi connectivity index (χ0v) is 9.06. The van der Waals surface area contributed by atoms with Crippen molar-refractivity contribution in [3.8, 4) is 0 Å². The second kappa shape index (κ2) is 5.50. The highest BCUT2D eigenvalue weighted by Crippen LogP contribution is 2.06. The van der Waals surface area contributed by atoms with Crippen molar-refractivity contribution in [3.05, 3.63) is 17.5 Å². The van der Waals surface area contributed by atoms with E-state index in [2.05, 4.69) is 5.10 Å². The zero-order valence-electron chi connectivity index (χ0n) is 9.06. The highest BCUT2D eigenvalue weighted by Gasteiger charge is 2.14. The van der Waals surface area contributed by atoms with Crippen molar-refractivity contribution in [3.63, 3.8) is 0 Å². The Hall–Kier alpha value is -1.36. The van der Waals surface area contributed by atoms with Crippen LogP contribution in [-0.2, 0) is 11.3 Å². The summed E-state index contributed by atoms with van der Waals surface area (Å²) in [5.74, 6) is -0.365. The first kappa shape index (κ1) is 11.7. The number of hydrogen-bond acceptors (Lipinski definition) is 4. The molecular weight excluding hydrogens is 196 g/mol. The molecule has 1 heterocycles. The molecule has 1 aromatic rings. The predicted octanol–water partition coefficient (Wildman–Crippen LogP) is 0.751. The summed E-state index contributed by atoms with van der Waals surface area (Å²) >= 11 is 0. The third-order valence-electron chi connectivity index (χ3n) is 1.91. The van der Waals surface area contributed by atoms with Gasteiger partial charge in [-0.05, 0) is 26.3 Å². The number of aliphatic hydroxyl groups excluding tert-OH is 1. The van der Waals surface area contributed by atoms with E-state index < -0.39 is 0 Å². The van der Waals surface area contributed by atoms with E-state index in [9.17, 15) is 4.79 Å². The van der Waals surface area contributed by atoms with Crippen LogP contribution in [0.5, 0.6) is 0 Å². The van der Waals surface area contributed by atoms with Crippen molar-refractivity contribution in [2.75, 3.05) is 13.2 Å². The molecule has 0 aliphatic carbocycles. The Balaban J connectivity index is 2.80. The molecule has 1 N–H and O–H groups in total. The third-order valence-corrected chi connectivity index (χ3v) is 1.91. The molecule has 0 amide bonds. The third kappa shape index (κ3) is 3.06. The molecule has 0 spiro atoms. The molecule has 5 nitrogen and oxygen atoms in total. The number of aryl methyl sites for hydroxylation is 2. The number of ether oxygens (including phenoxy) is 1. The first-order valence-corrected chi connectivity index (χ1v) is 5.01. The number of carbonyl (C=O) groups excluding carboxylic acids is 1. The number of aromatic nitrogens is 2. The monoisotopic (exact) mass is 212 g/mol. The van der Waals surface area contributed by atoms with Crippen molar-refractivity contribution >= 4 is 5.97 Å². The maximum Gasteiger partial charge on any atom is 0.356 e. The smallest absolute Gasteiger partial charge is 0.356 e. The lowest BCUT2D eigenvalue weighted by Gasteiger charge is -2.05. The molecule has 0 aliphatic rings. The van der Waals surface area contributed by atoms with E-state index >= 15 is 0 Å².